The van der Waals surface area contributed by atoms with Crippen LogP contribution in [0.2, 0.25) is 0 Å². The van der Waals surface area contributed by atoms with Crippen molar-refractivity contribution >= 4 is 11.3 Å². The third-order valence-electron chi connectivity index (χ3n) is 4.66. The van der Waals surface area contributed by atoms with Crippen molar-refractivity contribution in [2.75, 3.05) is 6.61 Å². The molecule has 1 unspecified atom stereocenters. The zero-order valence-electron chi connectivity index (χ0n) is 14.7. The lowest BCUT2D eigenvalue weighted by Crippen LogP contribution is -2.47. The molecule has 28 heavy (non-hydrogen) atoms. The molecule has 0 fully saturated rings. The summed E-state index contributed by atoms with van der Waals surface area (Å²) in [6, 6.07) is 11.6. The van der Waals surface area contributed by atoms with Crippen molar-refractivity contribution in [2.24, 2.45) is 0 Å². The monoisotopic (exact) mass is 406 g/mol. The van der Waals surface area contributed by atoms with Crippen LogP contribution in [0.5, 0.6) is 11.5 Å². The number of ether oxygens (including phenoxy) is 2. The first-order chi connectivity index (χ1) is 13.5. The van der Waals surface area contributed by atoms with Crippen molar-refractivity contribution in [1.82, 2.24) is 10.3 Å². The van der Waals surface area contributed by atoms with Gasteiger partial charge in [-0.3, -0.25) is 10.3 Å². The second-order valence-corrected chi connectivity index (χ2v) is 7.19. The van der Waals surface area contributed by atoms with E-state index < -0.39 is 11.9 Å². The Kier molecular flexibility index (Phi) is 4.99. The number of fused-ring (bicyclic) bond motifs is 1. The topological polar surface area (TPSA) is 43.4 Å². The summed E-state index contributed by atoms with van der Waals surface area (Å²) in [5.74, 6) is 0.416. The molecule has 2 aromatic heterocycles. The van der Waals surface area contributed by atoms with E-state index in [-0.39, 0.29) is 5.75 Å². The number of alkyl halides is 3. The predicted molar refractivity (Wildman–Crippen MR) is 99.4 cm³/mol. The molecule has 0 amide bonds. The van der Waals surface area contributed by atoms with Crippen LogP contribution in [0.3, 0.4) is 0 Å². The number of thiophene rings is 1. The summed E-state index contributed by atoms with van der Waals surface area (Å²) in [6.45, 7) is 1.07. The Labute approximate surface area is 163 Å². The molecule has 1 aliphatic heterocycles. The third kappa shape index (κ3) is 3.83. The lowest BCUT2D eigenvalue weighted by atomic mass is 9.81. The maximum Gasteiger partial charge on any atom is 0.573 e. The minimum absolute atomic E-state index is 0.252. The Morgan fingerprint density at radius 1 is 1.18 bits per heavy atom. The number of rotatable bonds is 5. The van der Waals surface area contributed by atoms with Gasteiger partial charge in [-0.15, -0.1) is 13.2 Å². The Bertz CT molecular complexity index is 929. The molecule has 1 N–H and O–H groups in total. The first-order valence-electron chi connectivity index (χ1n) is 8.67. The number of nitrogens with one attached hydrogen (secondary N) is 1. The van der Waals surface area contributed by atoms with Crippen LogP contribution in [0.4, 0.5) is 13.2 Å². The van der Waals surface area contributed by atoms with E-state index in [1.165, 1.54) is 12.1 Å². The van der Waals surface area contributed by atoms with Gasteiger partial charge in [0.25, 0.3) is 0 Å². The zero-order valence-corrected chi connectivity index (χ0v) is 15.5. The van der Waals surface area contributed by atoms with E-state index in [1.807, 2.05) is 17.5 Å². The number of hydrogen-bond acceptors (Lipinski definition) is 5. The van der Waals surface area contributed by atoms with Gasteiger partial charge in [0.2, 0.25) is 0 Å². The smallest absolute Gasteiger partial charge is 0.491 e. The van der Waals surface area contributed by atoms with E-state index in [1.54, 1.807) is 35.7 Å². The Balaban J connectivity index is 1.72. The number of halogens is 3. The Morgan fingerprint density at radius 2 is 2.00 bits per heavy atom. The fraction of sp³-hybridized carbons (Fsp3) is 0.250. The summed E-state index contributed by atoms with van der Waals surface area (Å²) in [4.78, 5) is 4.53. The number of hydrogen-bond donors (Lipinski definition) is 1. The van der Waals surface area contributed by atoms with Gasteiger partial charge in [-0.05, 0) is 52.2 Å². The van der Waals surface area contributed by atoms with E-state index in [0.717, 1.165) is 16.8 Å². The van der Waals surface area contributed by atoms with Crippen LogP contribution in [0.1, 0.15) is 23.2 Å². The largest absolute Gasteiger partial charge is 0.573 e. The highest BCUT2D eigenvalue weighted by Crippen LogP contribution is 2.41. The number of aromatic nitrogens is 1. The quantitative estimate of drug-likeness (QED) is 0.657. The lowest BCUT2D eigenvalue weighted by Gasteiger charge is -2.39. The van der Waals surface area contributed by atoms with Gasteiger partial charge in [-0.1, -0.05) is 12.1 Å². The molecule has 1 atom stereocenters. The fourth-order valence-corrected chi connectivity index (χ4v) is 4.07. The molecule has 1 aliphatic rings. The lowest BCUT2D eigenvalue weighted by molar-refractivity contribution is -0.274. The SMILES string of the molecule is FC(F)(F)Oc1ccc(C2(NCc3ccsc3)CCOc3cccnc32)cc1. The maximum absolute atomic E-state index is 12.5. The molecule has 0 saturated heterocycles. The molecule has 0 radical (unpaired) electrons. The van der Waals surface area contributed by atoms with E-state index >= 15 is 0 Å². The molecular weight excluding hydrogens is 389 g/mol. The van der Waals surface area contributed by atoms with Crippen molar-refractivity contribution in [1.29, 1.82) is 0 Å². The number of pyridine rings is 1. The molecule has 8 heteroatoms. The van der Waals surface area contributed by atoms with Gasteiger partial charge in [-0.25, -0.2) is 0 Å². The minimum atomic E-state index is -4.72. The molecule has 1 aromatic carbocycles. The van der Waals surface area contributed by atoms with Crippen LogP contribution in [0.25, 0.3) is 0 Å². The molecule has 146 valence electrons. The molecule has 0 aliphatic carbocycles. The van der Waals surface area contributed by atoms with Gasteiger partial charge in [-0.2, -0.15) is 11.3 Å². The van der Waals surface area contributed by atoms with Crippen molar-refractivity contribution in [3.8, 4) is 11.5 Å². The van der Waals surface area contributed by atoms with Gasteiger partial charge < -0.3 is 9.47 Å². The molecule has 0 saturated carbocycles. The van der Waals surface area contributed by atoms with Gasteiger partial charge >= 0.3 is 6.36 Å². The van der Waals surface area contributed by atoms with Gasteiger partial charge in [0.15, 0.2) is 0 Å². The van der Waals surface area contributed by atoms with Gasteiger partial charge in [0.1, 0.15) is 17.2 Å². The standard InChI is InChI=1S/C20H17F3N2O2S/c21-20(22,23)27-16-5-3-15(4-6-16)19(25-12-14-7-11-28-13-14)8-10-26-17-2-1-9-24-18(17)19/h1-7,9,11,13,25H,8,10,12H2. The zero-order chi connectivity index (χ0) is 19.6. The molecule has 4 rings (SSSR count). The molecular formula is C20H17F3N2O2S. The predicted octanol–water partition coefficient (Wildman–Crippen LogP) is 4.86. The van der Waals surface area contributed by atoms with E-state index in [0.29, 0.717) is 25.3 Å². The molecule has 0 spiro atoms. The minimum Gasteiger partial charge on any atom is -0.491 e. The average Bonchev–Trinajstić information content (AvgIpc) is 3.19. The van der Waals surface area contributed by atoms with Crippen LogP contribution in [-0.4, -0.2) is 18.0 Å². The van der Waals surface area contributed by atoms with Crippen LogP contribution < -0.4 is 14.8 Å². The van der Waals surface area contributed by atoms with Crippen molar-refractivity contribution < 1.29 is 22.6 Å². The van der Waals surface area contributed by atoms with Crippen LogP contribution in [0, 0.1) is 0 Å². The summed E-state index contributed by atoms with van der Waals surface area (Å²) >= 11 is 1.61. The highest BCUT2D eigenvalue weighted by Gasteiger charge is 2.41. The summed E-state index contributed by atoms with van der Waals surface area (Å²) in [5, 5.41) is 7.64. The third-order valence-corrected chi connectivity index (χ3v) is 5.40. The first kappa shape index (κ1) is 18.8. The number of benzene rings is 1. The summed E-state index contributed by atoms with van der Waals surface area (Å²) in [7, 11) is 0. The molecule has 4 nitrogen and oxygen atoms in total. The molecule has 3 heterocycles. The van der Waals surface area contributed by atoms with E-state index in [4.69, 9.17) is 4.74 Å². The van der Waals surface area contributed by atoms with Crippen LogP contribution in [0.15, 0.2) is 59.4 Å². The summed E-state index contributed by atoms with van der Waals surface area (Å²) in [6.07, 6.45) is -2.43. The van der Waals surface area contributed by atoms with E-state index in [2.05, 4.69) is 20.4 Å². The molecule has 3 aromatic rings. The summed E-state index contributed by atoms with van der Waals surface area (Å²) < 4.78 is 47.2. The first-order valence-corrected chi connectivity index (χ1v) is 9.61. The molecule has 0 bridgehead atoms. The second-order valence-electron chi connectivity index (χ2n) is 6.41. The highest BCUT2D eigenvalue weighted by molar-refractivity contribution is 7.07. The highest BCUT2D eigenvalue weighted by atomic mass is 32.1. The average molecular weight is 406 g/mol. The van der Waals surface area contributed by atoms with E-state index in [9.17, 15) is 13.2 Å². The fourth-order valence-electron chi connectivity index (χ4n) is 3.40. The summed E-state index contributed by atoms with van der Waals surface area (Å²) in [5.41, 5.74) is 1.99. The van der Waals surface area contributed by atoms with Crippen molar-refractivity contribution in [3.05, 3.63) is 76.2 Å². The second kappa shape index (κ2) is 7.44. The van der Waals surface area contributed by atoms with Gasteiger partial charge in [0.05, 0.1) is 12.1 Å². The Morgan fingerprint density at radius 3 is 2.71 bits per heavy atom. The van der Waals surface area contributed by atoms with Crippen LogP contribution in [-0.2, 0) is 12.1 Å². The van der Waals surface area contributed by atoms with Gasteiger partial charge in [0, 0.05) is 19.2 Å². The normalized spacial score (nSPS) is 19.0. The Hall–Kier alpha value is -2.58. The van der Waals surface area contributed by atoms with Crippen LogP contribution >= 0.6 is 11.3 Å². The van der Waals surface area contributed by atoms with Crippen molar-refractivity contribution in [3.63, 3.8) is 0 Å². The van der Waals surface area contributed by atoms with Crippen molar-refractivity contribution in [2.45, 2.75) is 24.9 Å². The maximum atomic E-state index is 12.5. The number of nitrogens with zero attached hydrogens (tertiary/aromatic N) is 1.